The maximum atomic E-state index is 11.7. The van der Waals surface area contributed by atoms with Gasteiger partial charge in [-0.15, -0.1) is 0 Å². The van der Waals surface area contributed by atoms with Gasteiger partial charge in [-0.2, -0.15) is 4.90 Å². The van der Waals surface area contributed by atoms with Gasteiger partial charge in [0.2, 0.25) is 0 Å². The Kier molecular flexibility index (Phi) is 3.80. The molecule has 0 saturated carbocycles. The van der Waals surface area contributed by atoms with Gasteiger partial charge < -0.3 is 27.5 Å². The third-order valence-corrected chi connectivity index (χ3v) is 3.93. The summed E-state index contributed by atoms with van der Waals surface area (Å²) in [5.41, 5.74) is 2.04. The number of benzene rings is 2. The number of fused-ring (bicyclic) bond motifs is 1. The Balaban J connectivity index is 2.15. The van der Waals surface area contributed by atoms with Gasteiger partial charge in [0.25, 0.3) is 0 Å². The maximum Gasteiger partial charge on any atom is 0.336 e. The normalized spacial score (nSPS) is 10.7. The Hall–Kier alpha value is -2.79. The summed E-state index contributed by atoms with van der Waals surface area (Å²) in [5.74, 6) is -0.0226. The summed E-state index contributed by atoms with van der Waals surface area (Å²) in [4.78, 5) is 12.3. The van der Waals surface area contributed by atoms with Gasteiger partial charge in [0.05, 0.1) is 5.56 Å². The summed E-state index contributed by atoms with van der Waals surface area (Å²) in [7, 11) is 0. The van der Waals surface area contributed by atoms with Crippen molar-refractivity contribution in [3.8, 4) is 5.75 Å². The SMILES string of the molecule is C=C(Nc1ccccc1[S-])c1c(O)ccc2c(C)cc(=O)oc12. The zero-order chi connectivity index (χ0) is 16.6. The first-order valence-corrected chi connectivity index (χ1v) is 7.37. The number of rotatable bonds is 3. The standard InChI is InChI=1S/C18H15NO3S/c1-10-9-16(21)22-18-12(10)7-8-14(20)17(18)11(2)19-13-5-3-4-6-15(13)23/h3-9,19-20,23H,2H2,1H3/p-1. The van der Waals surface area contributed by atoms with Gasteiger partial charge in [-0.1, -0.05) is 24.8 Å². The average Bonchev–Trinajstić information content (AvgIpc) is 2.48. The van der Waals surface area contributed by atoms with Crippen LogP contribution < -0.4 is 10.9 Å². The number of phenolic OH excluding ortho intramolecular Hbond substituents is 1. The second-order valence-corrected chi connectivity index (χ2v) is 5.62. The number of para-hydroxylation sites is 1. The molecule has 3 rings (SSSR count). The average molecular weight is 324 g/mol. The molecule has 0 atom stereocenters. The first-order valence-electron chi connectivity index (χ1n) is 6.96. The molecule has 0 aliphatic heterocycles. The lowest BCUT2D eigenvalue weighted by Crippen LogP contribution is -2.03. The molecular weight excluding hydrogens is 310 g/mol. The van der Waals surface area contributed by atoms with Crippen molar-refractivity contribution >= 4 is 35.0 Å². The quantitative estimate of drug-likeness (QED) is 0.567. The van der Waals surface area contributed by atoms with Crippen LogP contribution in [0.3, 0.4) is 0 Å². The molecule has 116 valence electrons. The van der Waals surface area contributed by atoms with Crippen molar-refractivity contribution < 1.29 is 9.52 Å². The minimum absolute atomic E-state index is 0.0226. The van der Waals surface area contributed by atoms with Crippen LogP contribution in [0.25, 0.3) is 16.7 Å². The van der Waals surface area contributed by atoms with Crippen LogP contribution in [-0.2, 0) is 12.6 Å². The van der Waals surface area contributed by atoms with E-state index in [1.54, 1.807) is 18.2 Å². The van der Waals surface area contributed by atoms with Crippen molar-refractivity contribution in [1.29, 1.82) is 0 Å². The third-order valence-electron chi connectivity index (χ3n) is 3.57. The van der Waals surface area contributed by atoms with Crippen LogP contribution in [0.15, 0.2) is 63.2 Å². The molecule has 5 heteroatoms. The Bertz CT molecular complexity index is 976. The van der Waals surface area contributed by atoms with Crippen LogP contribution in [0.2, 0.25) is 0 Å². The van der Waals surface area contributed by atoms with Crippen LogP contribution >= 0.6 is 0 Å². The van der Waals surface area contributed by atoms with Crippen LogP contribution in [0, 0.1) is 6.92 Å². The number of nitrogens with one attached hydrogen (secondary N) is 1. The first kappa shape index (κ1) is 15.1. The largest absolute Gasteiger partial charge is 0.778 e. The van der Waals surface area contributed by atoms with E-state index >= 15 is 0 Å². The van der Waals surface area contributed by atoms with E-state index in [1.165, 1.54) is 6.07 Å². The van der Waals surface area contributed by atoms with Crippen LogP contribution in [0.4, 0.5) is 5.69 Å². The van der Waals surface area contributed by atoms with Crippen molar-refractivity contribution in [2.24, 2.45) is 0 Å². The van der Waals surface area contributed by atoms with Gasteiger partial charge in [0.15, 0.2) is 5.58 Å². The van der Waals surface area contributed by atoms with Gasteiger partial charge >= 0.3 is 5.63 Å². The van der Waals surface area contributed by atoms with Crippen LogP contribution in [0.5, 0.6) is 5.75 Å². The fourth-order valence-electron chi connectivity index (χ4n) is 2.46. The molecule has 0 aliphatic carbocycles. The second-order valence-electron chi connectivity index (χ2n) is 5.18. The van der Waals surface area contributed by atoms with Gasteiger partial charge in [0, 0.05) is 22.8 Å². The summed E-state index contributed by atoms with van der Waals surface area (Å²) in [6, 6.07) is 12.0. The molecule has 23 heavy (non-hydrogen) atoms. The molecule has 0 unspecified atom stereocenters. The molecule has 0 spiro atoms. The Morgan fingerprint density at radius 3 is 2.74 bits per heavy atom. The van der Waals surface area contributed by atoms with Crippen molar-refractivity contribution in [1.82, 2.24) is 0 Å². The topological polar surface area (TPSA) is 62.5 Å². The van der Waals surface area contributed by atoms with Crippen molar-refractivity contribution in [3.63, 3.8) is 0 Å². The molecule has 0 bridgehead atoms. The van der Waals surface area contributed by atoms with Crippen molar-refractivity contribution in [3.05, 3.63) is 70.6 Å². The highest BCUT2D eigenvalue weighted by Crippen LogP contribution is 2.33. The smallest absolute Gasteiger partial charge is 0.336 e. The van der Waals surface area contributed by atoms with E-state index in [2.05, 4.69) is 11.9 Å². The molecule has 2 aromatic carbocycles. The van der Waals surface area contributed by atoms with E-state index in [9.17, 15) is 9.90 Å². The van der Waals surface area contributed by atoms with E-state index < -0.39 is 5.63 Å². The predicted molar refractivity (Wildman–Crippen MR) is 93.6 cm³/mol. The van der Waals surface area contributed by atoms with E-state index in [4.69, 9.17) is 17.0 Å². The number of aryl methyl sites for hydroxylation is 1. The van der Waals surface area contributed by atoms with E-state index in [0.29, 0.717) is 27.4 Å². The monoisotopic (exact) mass is 324 g/mol. The lowest BCUT2D eigenvalue weighted by Gasteiger charge is -2.18. The van der Waals surface area contributed by atoms with Crippen LogP contribution in [0.1, 0.15) is 11.1 Å². The second kappa shape index (κ2) is 5.78. The maximum absolute atomic E-state index is 11.7. The molecule has 0 radical (unpaired) electrons. The molecule has 1 heterocycles. The molecular formula is C18H14NO3S-. The lowest BCUT2D eigenvalue weighted by atomic mass is 10.0. The summed E-state index contributed by atoms with van der Waals surface area (Å²) in [6.45, 7) is 5.77. The molecule has 1 aromatic heterocycles. The molecule has 2 N–H and O–H groups in total. The molecule has 0 fully saturated rings. The fraction of sp³-hybridized carbons (Fsp3) is 0.0556. The number of phenols is 1. The van der Waals surface area contributed by atoms with E-state index in [0.717, 1.165) is 10.9 Å². The summed E-state index contributed by atoms with van der Waals surface area (Å²) < 4.78 is 5.30. The van der Waals surface area contributed by atoms with E-state index in [-0.39, 0.29) is 5.75 Å². The summed E-state index contributed by atoms with van der Waals surface area (Å²) in [5, 5.41) is 14.0. The predicted octanol–water partition coefficient (Wildman–Crippen LogP) is 3.80. The minimum atomic E-state index is -0.474. The number of hydrogen-bond acceptors (Lipinski definition) is 5. The Labute approximate surface area is 138 Å². The molecule has 4 nitrogen and oxygen atoms in total. The first-order chi connectivity index (χ1) is 11.0. The van der Waals surface area contributed by atoms with E-state index in [1.807, 2.05) is 25.1 Å². The highest BCUT2D eigenvalue weighted by Gasteiger charge is 2.15. The summed E-state index contributed by atoms with van der Waals surface area (Å²) in [6.07, 6.45) is 0. The summed E-state index contributed by atoms with van der Waals surface area (Å²) >= 11 is 5.25. The molecule has 0 saturated heterocycles. The zero-order valence-corrected chi connectivity index (χ0v) is 13.2. The van der Waals surface area contributed by atoms with Crippen LogP contribution in [-0.4, -0.2) is 5.11 Å². The highest BCUT2D eigenvalue weighted by atomic mass is 32.1. The Morgan fingerprint density at radius 1 is 1.26 bits per heavy atom. The molecule has 3 aromatic rings. The van der Waals surface area contributed by atoms with Gasteiger partial charge in [-0.3, -0.25) is 0 Å². The number of anilines is 1. The van der Waals surface area contributed by atoms with Crippen molar-refractivity contribution in [2.45, 2.75) is 11.8 Å². The number of aromatic hydroxyl groups is 1. The minimum Gasteiger partial charge on any atom is -0.778 e. The third kappa shape index (κ3) is 2.78. The Morgan fingerprint density at radius 2 is 2.00 bits per heavy atom. The fourth-order valence-corrected chi connectivity index (χ4v) is 2.66. The van der Waals surface area contributed by atoms with Crippen molar-refractivity contribution in [2.75, 3.05) is 5.32 Å². The molecule has 0 amide bonds. The highest BCUT2D eigenvalue weighted by molar-refractivity contribution is 7.59. The lowest BCUT2D eigenvalue weighted by molar-refractivity contribution is 0.471. The van der Waals surface area contributed by atoms with Gasteiger partial charge in [-0.25, -0.2) is 4.79 Å². The van der Waals surface area contributed by atoms with Gasteiger partial charge in [-0.05, 0) is 30.7 Å². The zero-order valence-electron chi connectivity index (χ0n) is 12.4. The van der Waals surface area contributed by atoms with Gasteiger partial charge in [0.1, 0.15) is 5.75 Å². The molecule has 0 aliphatic rings. The number of hydrogen-bond donors (Lipinski definition) is 2.